The summed E-state index contributed by atoms with van der Waals surface area (Å²) in [6, 6.07) is 11.2. The van der Waals surface area contributed by atoms with Crippen molar-refractivity contribution in [2.24, 2.45) is 0 Å². The van der Waals surface area contributed by atoms with Crippen LogP contribution < -0.4 is 0 Å². The number of alkyl halides is 6. The number of hydrogen-bond donors (Lipinski definition) is 1. The minimum Gasteiger partial charge on any atom is -0.376 e. The second-order valence-electron chi connectivity index (χ2n) is 7.87. The molecule has 0 aliphatic rings. The highest BCUT2D eigenvalue weighted by atomic mass is 19.4. The molecule has 160 valence electrons. The Morgan fingerprint density at radius 2 is 1.37 bits per heavy atom. The Labute approximate surface area is 169 Å². The average molecular weight is 427 g/mol. The molecule has 0 spiro atoms. The van der Waals surface area contributed by atoms with E-state index in [1.54, 1.807) is 12.1 Å². The lowest BCUT2D eigenvalue weighted by Gasteiger charge is -2.38. The van der Waals surface area contributed by atoms with Gasteiger partial charge in [0, 0.05) is 17.1 Å². The number of para-hydroxylation sites is 1. The molecule has 0 saturated heterocycles. The number of aliphatic hydroxyl groups is 1. The maximum absolute atomic E-state index is 14.2. The van der Waals surface area contributed by atoms with Crippen molar-refractivity contribution < 1.29 is 31.4 Å². The number of aromatic nitrogens is 1. The van der Waals surface area contributed by atoms with Crippen LogP contribution in [0.4, 0.5) is 26.3 Å². The highest BCUT2D eigenvalue weighted by Crippen LogP contribution is 2.49. The molecule has 8 heteroatoms. The molecule has 3 rings (SSSR count). The van der Waals surface area contributed by atoms with Gasteiger partial charge in [0.05, 0.1) is 11.1 Å². The molecule has 1 atom stereocenters. The van der Waals surface area contributed by atoms with Gasteiger partial charge in [-0.2, -0.15) is 26.3 Å². The van der Waals surface area contributed by atoms with Crippen molar-refractivity contribution in [3.05, 3.63) is 77.5 Å². The van der Waals surface area contributed by atoms with Gasteiger partial charge in [-0.25, -0.2) is 0 Å². The summed E-state index contributed by atoms with van der Waals surface area (Å²) < 4.78 is 81.0. The highest BCUT2D eigenvalue weighted by molar-refractivity contribution is 5.82. The van der Waals surface area contributed by atoms with E-state index in [1.807, 2.05) is 0 Å². The lowest BCUT2D eigenvalue weighted by atomic mass is 9.72. The van der Waals surface area contributed by atoms with E-state index in [1.165, 1.54) is 32.2 Å². The van der Waals surface area contributed by atoms with Crippen LogP contribution in [-0.2, 0) is 17.2 Å². The van der Waals surface area contributed by atoms with E-state index in [9.17, 15) is 31.4 Å². The number of rotatable bonds is 4. The van der Waals surface area contributed by atoms with E-state index in [0.29, 0.717) is 5.52 Å². The van der Waals surface area contributed by atoms with E-state index in [4.69, 9.17) is 0 Å². The van der Waals surface area contributed by atoms with Crippen LogP contribution in [0.3, 0.4) is 0 Å². The molecular formula is C22H19F6NO. The normalized spacial score (nSPS) is 15.2. The third-order valence-corrected chi connectivity index (χ3v) is 5.26. The summed E-state index contributed by atoms with van der Waals surface area (Å²) in [5.41, 5.74) is -5.23. The van der Waals surface area contributed by atoms with E-state index < -0.39 is 35.4 Å². The van der Waals surface area contributed by atoms with Crippen LogP contribution in [0, 0.1) is 0 Å². The van der Waals surface area contributed by atoms with Gasteiger partial charge in [0.15, 0.2) is 5.60 Å². The first-order chi connectivity index (χ1) is 13.8. The lowest BCUT2D eigenvalue weighted by molar-refractivity contribution is -0.273. The Hall–Kier alpha value is -2.61. The summed E-state index contributed by atoms with van der Waals surface area (Å²) in [5.74, 6) is 0. The van der Waals surface area contributed by atoms with Crippen LogP contribution in [-0.4, -0.2) is 16.3 Å². The van der Waals surface area contributed by atoms with Gasteiger partial charge in [-0.3, -0.25) is 4.98 Å². The standard InChI is InChI=1S/C22H19F6NO/c1-19(2,14-7-9-15(10-8-14)21(23,24)25)13-20(30,22(26,27)28)17-11-12-29-18-6-4-3-5-16(17)18/h3-12,30H,13H2,1-2H3. The molecule has 0 bridgehead atoms. The van der Waals surface area contributed by atoms with E-state index in [0.717, 1.165) is 30.3 Å². The molecule has 1 heterocycles. The van der Waals surface area contributed by atoms with Crippen molar-refractivity contribution >= 4 is 10.9 Å². The van der Waals surface area contributed by atoms with Crippen molar-refractivity contribution in [2.75, 3.05) is 0 Å². The Morgan fingerprint density at radius 3 is 1.93 bits per heavy atom. The number of halogens is 6. The van der Waals surface area contributed by atoms with Gasteiger partial charge in [-0.05, 0) is 41.7 Å². The third kappa shape index (κ3) is 4.01. The Morgan fingerprint density at radius 1 is 0.800 bits per heavy atom. The van der Waals surface area contributed by atoms with Crippen LogP contribution in [0.1, 0.15) is 37.0 Å². The third-order valence-electron chi connectivity index (χ3n) is 5.26. The second kappa shape index (κ2) is 7.27. The smallest absolute Gasteiger partial charge is 0.376 e. The van der Waals surface area contributed by atoms with Crippen LogP contribution >= 0.6 is 0 Å². The van der Waals surface area contributed by atoms with Crippen LogP contribution in [0.25, 0.3) is 10.9 Å². The van der Waals surface area contributed by atoms with E-state index in [2.05, 4.69) is 4.98 Å². The minimum absolute atomic E-state index is 0.156. The van der Waals surface area contributed by atoms with Gasteiger partial charge < -0.3 is 5.11 Å². The van der Waals surface area contributed by atoms with Crippen molar-refractivity contribution in [3.8, 4) is 0 Å². The molecule has 3 aromatic rings. The first kappa shape index (κ1) is 22.1. The summed E-state index contributed by atoms with van der Waals surface area (Å²) in [6.45, 7) is 2.91. The number of nitrogens with zero attached hydrogens (tertiary/aromatic N) is 1. The number of benzene rings is 2. The molecule has 0 saturated carbocycles. The van der Waals surface area contributed by atoms with Crippen molar-refractivity contribution in [1.82, 2.24) is 4.98 Å². The zero-order valence-electron chi connectivity index (χ0n) is 16.1. The Balaban J connectivity index is 2.08. The lowest BCUT2D eigenvalue weighted by Crippen LogP contribution is -2.46. The second-order valence-corrected chi connectivity index (χ2v) is 7.87. The maximum Gasteiger partial charge on any atom is 0.421 e. The quantitative estimate of drug-likeness (QED) is 0.491. The van der Waals surface area contributed by atoms with Crippen molar-refractivity contribution in [1.29, 1.82) is 0 Å². The molecule has 1 unspecified atom stereocenters. The SMILES string of the molecule is CC(C)(CC(O)(c1ccnc2ccccc12)C(F)(F)F)c1ccc(C(F)(F)F)cc1. The molecule has 1 aromatic heterocycles. The largest absolute Gasteiger partial charge is 0.421 e. The predicted octanol–water partition coefficient (Wildman–Crippen LogP) is 6.37. The van der Waals surface area contributed by atoms with Gasteiger partial charge in [-0.1, -0.05) is 44.2 Å². The first-order valence-electron chi connectivity index (χ1n) is 9.07. The van der Waals surface area contributed by atoms with Crippen molar-refractivity contribution in [3.63, 3.8) is 0 Å². The van der Waals surface area contributed by atoms with Gasteiger partial charge in [-0.15, -0.1) is 0 Å². The molecule has 0 amide bonds. The molecule has 2 nitrogen and oxygen atoms in total. The zero-order valence-corrected chi connectivity index (χ0v) is 16.1. The van der Waals surface area contributed by atoms with E-state index in [-0.39, 0.29) is 16.5 Å². The number of pyridine rings is 1. The molecule has 0 aliphatic carbocycles. The fourth-order valence-corrected chi connectivity index (χ4v) is 3.66. The van der Waals surface area contributed by atoms with Crippen LogP contribution in [0.2, 0.25) is 0 Å². The fraction of sp³-hybridized carbons (Fsp3) is 0.318. The molecule has 0 radical (unpaired) electrons. The van der Waals surface area contributed by atoms with Crippen LogP contribution in [0.5, 0.6) is 0 Å². The number of hydrogen-bond acceptors (Lipinski definition) is 2. The van der Waals surface area contributed by atoms with Crippen LogP contribution in [0.15, 0.2) is 60.8 Å². The van der Waals surface area contributed by atoms with Crippen molar-refractivity contribution in [2.45, 2.75) is 43.6 Å². The first-order valence-corrected chi connectivity index (χ1v) is 9.07. The molecule has 30 heavy (non-hydrogen) atoms. The predicted molar refractivity (Wildman–Crippen MR) is 101 cm³/mol. The minimum atomic E-state index is -5.03. The topological polar surface area (TPSA) is 33.1 Å². The monoisotopic (exact) mass is 427 g/mol. The molecular weight excluding hydrogens is 408 g/mol. The number of fused-ring (bicyclic) bond motifs is 1. The molecule has 1 N–H and O–H groups in total. The highest BCUT2D eigenvalue weighted by Gasteiger charge is 2.57. The van der Waals surface area contributed by atoms with Gasteiger partial charge in [0.25, 0.3) is 0 Å². The van der Waals surface area contributed by atoms with Gasteiger partial charge in [0.1, 0.15) is 0 Å². The summed E-state index contributed by atoms with van der Waals surface area (Å²) in [7, 11) is 0. The Bertz CT molecular complexity index is 1030. The molecule has 2 aromatic carbocycles. The summed E-state index contributed by atoms with van der Waals surface area (Å²) in [5, 5.41) is 11.1. The Kier molecular flexibility index (Phi) is 5.35. The van der Waals surface area contributed by atoms with Gasteiger partial charge in [0.2, 0.25) is 0 Å². The summed E-state index contributed by atoms with van der Waals surface area (Å²) >= 11 is 0. The van der Waals surface area contributed by atoms with E-state index >= 15 is 0 Å². The zero-order chi connectivity index (χ0) is 22.4. The molecule has 0 aliphatic heterocycles. The molecule has 0 fully saturated rings. The maximum atomic E-state index is 14.2. The fourth-order valence-electron chi connectivity index (χ4n) is 3.66. The summed E-state index contributed by atoms with van der Waals surface area (Å²) in [6.07, 6.45) is -9.17. The van der Waals surface area contributed by atoms with Gasteiger partial charge >= 0.3 is 12.4 Å². The summed E-state index contributed by atoms with van der Waals surface area (Å²) in [4.78, 5) is 4.04. The average Bonchev–Trinajstić information content (AvgIpc) is 2.65.